The lowest BCUT2D eigenvalue weighted by Gasteiger charge is -2.11. The molecule has 0 amide bonds. The average Bonchev–Trinajstić information content (AvgIpc) is 3.94. The Labute approximate surface area is 343 Å². The topological polar surface area (TPSA) is 221 Å². The van der Waals surface area contributed by atoms with Crippen LogP contribution in [0.1, 0.15) is 58.2 Å². The number of hydrogen-bond acceptors (Lipinski definition) is 11. The molecule has 0 aliphatic heterocycles. The van der Waals surface area contributed by atoms with Crippen molar-refractivity contribution in [2.45, 2.75) is 60.8 Å². The van der Waals surface area contributed by atoms with E-state index in [-0.39, 0.29) is 28.4 Å². The SMILES string of the molecule is CC(C)Cc1ccc2ccn(-c3c(N)c(=O)c3=O)c2c1.CC(C)Cc1ccc2cn(-c3c(N)c(=O)c3=O)nc2c1.CC(C)Cc1ccc2cnn(-c3c(N)c(=O)c3=O)c2c1. The number of nitrogens with zero attached hydrogens (tertiary/aromatic N) is 5. The highest BCUT2D eigenvalue weighted by Crippen LogP contribution is 2.25. The number of anilines is 3. The quantitative estimate of drug-likeness (QED) is 0.168. The van der Waals surface area contributed by atoms with Gasteiger partial charge in [-0.05, 0) is 83.4 Å². The number of fused-ring (bicyclic) bond motifs is 3. The van der Waals surface area contributed by atoms with Gasteiger partial charge in [-0.25, -0.2) is 9.36 Å². The molecule has 0 aliphatic rings. The van der Waals surface area contributed by atoms with Crippen LogP contribution in [0.15, 0.2) is 108 Å². The van der Waals surface area contributed by atoms with Gasteiger partial charge in [-0.1, -0.05) is 77.9 Å². The predicted molar refractivity (Wildman–Crippen MR) is 239 cm³/mol. The van der Waals surface area contributed by atoms with Crippen molar-refractivity contribution in [1.82, 2.24) is 24.1 Å². The maximum atomic E-state index is 11.7. The number of rotatable bonds is 9. The third kappa shape index (κ3) is 7.47. The fraction of sp³-hybridized carbons (Fsp3) is 0.261. The molecule has 60 heavy (non-hydrogen) atoms. The minimum atomic E-state index is -0.625. The molecular weight excluding hydrogens is 761 g/mol. The number of benzene rings is 3. The molecule has 6 aromatic carbocycles. The molecule has 0 radical (unpaired) electrons. The molecule has 14 nitrogen and oxygen atoms in total. The highest BCUT2D eigenvalue weighted by atomic mass is 16.2. The first-order valence-corrected chi connectivity index (χ1v) is 19.8. The van der Waals surface area contributed by atoms with Gasteiger partial charge in [0.1, 0.15) is 34.1 Å². The molecular formula is C46H46N8O6. The minimum Gasteiger partial charge on any atom is -0.394 e. The van der Waals surface area contributed by atoms with Crippen LogP contribution in [0.2, 0.25) is 0 Å². The van der Waals surface area contributed by atoms with E-state index in [1.807, 2.05) is 36.4 Å². The van der Waals surface area contributed by atoms with Gasteiger partial charge in [0.15, 0.2) is 0 Å². The fourth-order valence-electron chi connectivity index (χ4n) is 7.45. The summed E-state index contributed by atoms with van der Waals surface area (Å²) in [6.45, 7) is 12.9. The lowest BCUT2D eigenvalue weighted by molar-refractivity contribution is 0.647. The number of hydrogen-bond donors (Lipinski definition) is 3. The smallest absolute Gasteiger partial charge is 0.255 e. The molecule has 14 heteroatoms. The first-order chi connectivity index (χ1) is 28.4. The molecule has 0 saturated carbocycles. The van der Waals surface area contributed by atoms with Crippen LogP contribution >= 0.6 is 0 Å². The summed E-state index contributed by atoms with van der Waals surface area (Å²) in [6.07, 6.45) is 8.08. The van der Waals surface area contributed by atoms with Crippen LogP contribution in [-0.2, 0) is 19.3 Å². The van der Waals surface area contributed by atoms with E-state index in [0.29, 0.717) is 23.4 Å². The molecule has 0 bridgehead atoms. The molecule has 0 unspecified atom stereocenters. The first kappa shape index (κ1) is 41.0. The Hall–Kier alpha value is -7.22. The zero-order valence-electron chi connectivity index (χ0n) is 34.3. The Morgan fingerprint density at radius 3 is 1.52 bits per heavy atom. The van der Waals surface area contributed by atoms with Gasteiger partial charge < -0.3 is 21.8 Å². The average molecular weight is 807 g/mol. The zero-order valence-corrected chi connectivity index (χ0v) is 34.3. The summed E-state index contributed by atoms with van der Waals surface area (Å²) in [4.78, 5) is 68.5. The van der Waals surface area contributed by atoms with E-state index < -0.39 is 32.6 Å². The Balaban J connectivity index is 0.000000136. The van der Waals surface area contributed by atoms with Crippen molar-refractivity contribution >= 4 is 49.8 Å². The molecule has 306 valence electrons. The Morgan fingerprint density at radius 2 is 0.983 bits per heavy atom. The number of nitrogen functional groups attached to an aromatic ring is 3. The van der Waals surface area contributed by atoms with Crippen LogP contribution in [0.5, 0.6) is 0 Å². The van der Waals surface area contributed by atoms with Crippen LogP contribution in [-0.4, -0.2) is 24.1 Å². The normalized spacial score (nSPS) is 11.8. The summed E-state index contributed by atoms with van der Waals surface area (Å²) in [6, 6.07) is 20.2. The molecule has 0 saturated heterocycles. The molecule has 9 aromatic rings. The van der Waals surface area contributed by atoms with E-state index in [2.05, 4.69) is 76.0 Å². The highest BCUT2D eigenvalue weighted by Gasteiger charge is 2.23. The van der Waals surface area contributed by atoms with Crippen molar-refractivity contribution in [3.63, 3.8) is 0 Å². The van der Waals surface area contributed by atoms with Crippen LogP contribution < -0.4 is 49.8 Å². The summed E-state index contributed by atoms with van der Waals surface area (Å²) in [5, 5.41) is 11.4. The third-order valence-electron chi connectivity index (χ3n) is 10.3. The van der Waals surface area contributed by atoms with Crippen LogP contribution in [0, 0.1) is 17.8 Å². The van der Waals surface area contributed by atoms with E-state index in [4.69, 9.17) is 17.2 Å². The van der Waals surface area contributed by atoms with Gasteiger partial charge in [0, 0.05) is 23.2 Å². The number of nitrogens with two attached hydrogens (primary N) is 3. The molecule has 9 rings (SSSR count). The van der Waals surface area contributed by atoms with E-state index >= 15 is 0 Å². The van der Waals surface area contributed by atoms with Gasteiger partial charge in [-0.15, -0.1) is 0 Å². The predicted octanol–water partition coefficient (Wildman–Crippen LogP) is 4.81. The molecule has 0 aliphatic carbocycles. The Morgan fingerprint density at radius 1 is 0.517 bits per heavy atom. The van der Waals surface area contributed by atoms with Crippen LogP contribution in [0.3, 0.4) is 0 Å². The Kier molecular flexibility index (Phi) is 10.8. The molecule has 0 fully saturated rings. The first-order valence-electron chi connectivity index (χ1n) is 19.8. The maximum Gasteiger partial charge on any atom is 0.255 e. The van der Waals surface area contributed by atoms with Crippen LogP contribution in [0.25, 0.3) is 49.8 Å². The van der Waals surface area contributed by atoms with Gasteiger partial charge in [0.05, 0.1) is 22.7 Å². The fourth-order valence-corrected chi connectivity index (χ4v) is 7.45. The summed E-state index contributed by atoms with van der Waals surface area (Å²) in [5.41, 5.74) is 20.2. The second-order valence-electron chi connectivity index (χ2n) is 16.6. The largest absolute Gasteiger partial charge is 0.394 e. The van der Waals surface area contributed by atoms with E-state index in [1.165, 1.54) is 26.1 Å². The second kappa shape index (κ2) is 15.9. The standard InChI is InChI=1S/C16H16N2O2.2C15H15N3O2/c1-9(2)7-10-3-4-11-5-6-18(12(11)8-10)14-13(17)15(19)16(14)20;1-8(2)5-9-3-4-10-7-18(17-11(10)6-9)13-12(16)14(19)15(13)20;1-8(2)5-9-3-4-10-7-17-18(11(10)6-9)13-12(16)14(19)15(13)20/h3-6,8-9H,7,17H2,1-2H3;2*3-4,6-8H,5,16H2,1-2H3. The zero-order chi connectivity index (χ0) is 43.3. The van der Waals surface area contributed by atoms with Crippen LogP contribution in [0.4, 0.5) is 17.1 Å². The molecule has 0 atom stereocenters. The lowest BCUT2D eigenvalue weighted by Crippen LogP contribution is -2.38. The van der Waals surface area contributed by atoms with E-state index in [9.17, 15) is 28.8 Å². The summed E-state index contributed by atoms with van der Waals surface area (Å²) < 4.78 is 4.60. The second-order valence-corrected chi connectivity index (χ2v) is 16.6. The van der Waals surface area contributed by atoms with Gasteiger partial charge in [0.25, 0.3) is 32.6 Å². The highest BCUT2D eigenvalue weighted by molar-refractivity contribution is 5.85. The summed E-state index contributed by atoms with van der Waals surface area (Å²) in [5.74, 6) is 1.67. The van der Waals surface area contributed by atoms with Crippen molar-refractivity contribution in [3.8, 4) is 17.1 Å². The number of aromatic nitrogens is 5. The van der Waals surface area contributed by atoms with Crippen molar-refractivity contribution in [2.24, 2.45) is 17.8 Å². The van der Waals surface area contributed by atoms with Crippen molar-refractivity contribution < 1.29 is 0 Å². The molecule has 6 N–H and O–H groups in total. The molecule has 3 heterocycles. The summed E-state index contributed by atoms with van der Waals surface area (Å²) >= 11 is 0. The van der Waals surface area contributed by atoms with Gasteiger partial charge >= 0.3 is 0 Å². The summed E-state index contributed by atoms with van der Waals surface area (Å²) in [7, 11) is 0. The van der Waals surface area contributed by atoms with E-state index in [1.54, 1.807) is 23.2 Å². The van der Waals surface area contributed by atoms with Crippen molar-refractivity contribution in [3.05, 3.63) is 157 Å². The van der Waals surface area contributed by atoms with Gasteiger partial charge in [-0.3, -0.25) is 28.8 Å². The van der Waals surface area contributed by atoms with Crippen molar-refractivity contribution in [2.75, 3.05) is 17.2 Å². The Bertz CT molecular complexity index is 3140. The van der Waals surface area contributed by atoms with E-state index in [0.717, 1.165) is 52.0 Å². The molecule has 0 spiro atoms. The lowest BCUT2D eigenvalue weighted by atomic mass is 10.0. The molecule has 3 aromatic heterocycles. The van der Waals surface area contributed by atoms with Crippen molar-refractivity contribution in [1.29, 1.82) is 0 Å². The van der Waals surface area contributed by atoms with Gasteiger partial charge in [0.2, 0.25) is 0 Å². The third-order valence-corrected chi connectivity index (χ3v) is 10.3. The monoisotopic (exact) mass is 806 g/mol. The van der Waals surface area contributed by atoms with Gasteiger partial charge in [-0.2, -0.15) is 10.2 Å². The maximum absolute atomic E-state index is 11.7. The minimum absolute atomic E-state index is 0.00531.